The Hall–Kier alpha value is -6.54. The molecule has 55 heavy (non-hydrogen) atoms. The fraction of sp³-hybridized carbons (Fsp3) is 0.268. The van der Waals surface area contributed by atoms with E-state index in [1.165, 1.54) is 6.92 Å². The number of anilines is 1. The molecular weight excluding hydrogens is 704 g/mol. The zero-order valence-corrected chi connectivity index (χ0v) is 32.4. The number of ether oxygens (including phenoxy) is 4. The summed E-state index contributed by atoms with van der Waals surface area (Å²) in [7, 11) is 0. The summed E-state index contributed by atoms with van der Waals surface area (Å²) >= 11 is 0. The highest BCUT2D eigenvalue weighted by Crippen LogP contribution is 2.15. The molecule has 5 aromatic rings. The van der Waals surface area contributed by atoms with Crippen LogP contribution in [0.3, 0.4) is 0 Å². The lowest BCUT2D eigenvalue weighted by atomic mass is 10.2. The molecule has 0 saturated heterocycles. The number of Topliss-reactive ketones (excluding diaryl/α,β-unsaturated/α-hetero) is 1. The number of aryl methyl sites for hydroxylation is 1. The Labute approximate surface area is 321 Å². The summed E-state index contributed by atoms with van der Waals surface area (Å²) in [6.07, 6.45) is 4.38. The third kappa shape index (κ3) is 14.8. The van der Waals surface area contributed by atoms with Gasteiger partial charge in [0.15, 0.2) is 5.78 Å². The number of nitrogen functional groups attached to an aromatic ring is 1. The maximum atomic E-state index is 11.6. The van der Waals surface area contributed by atoms with Gasteiger partial charge in [-0.15, -0.1) is 0 Å². The standard InChI is InChI=1S/2C13H14N2O2.C9H14O4.C6H8N2/c1-3-17-13(16)12-9-15(14-10(12)2)11-7-5-4-6-8-11;1-3-17-13(16)12-9-14-15(10(12)2)11-7-5-4-6-8-11;1-4-12-6-8(7(3)10)9(11)13-5-2;7-8-6-4-2-1-3-5-6/h2*4-9H,3H2,1-2H3;6H,4-5H2,1-3H3;1-5,8H,7H2. The third-order valence-electron chi connectivity index (χ3n) is 7.10. The molecule has 292 valence electrons. The molecular formula is C41H50N6O8. The lowest BCUT2D eigenvalue weighted by molar-refractivity contribution is -0.140. The van der Waals surface area contributed by atoms with Crippen LogP contribution in [0.25, 0.3) is 11.4 Å². The number of carbonyl (C=O) groups excluding carboxylic acids is 4. The SMILES string of the molecule is CCOC(=O)c1cn(-c2ccccc2)nc1C.CCOC(=O)c1cnn(-c2ccccc2)c1C.CCOC=C(C(C)=O)C(=O)OCC.NNc1ccccc1. The molecule has 0 unspecified atom stereocenters. The van der Waals surface area contributed by atoms with Crippen LogP contribution in [0.4, 0.5) is 5.69 Å². The number of nitrogens with one attached hydrogen (secondary N) is 1. The quantitative estimate of drug-likeness (QED) is 0.0200. The Morgan fingerprint density at radius 3 is 1.69 bits per heavy atom. The van der Waals surface area contributed by atoms with E-state index in [2.05, 4.69) is 20.4 Å². The van der Waals surface area contributed by atoms with Gasteiger partial charge in [-0.3, -0.25) is 10.6 Å². The number of hydrogen-bond donors (Lipinski definition) is 2. The third-order valence-corrected chi connectivity index (χ3v) is 7.10. The molecule has 2 aromatic heterocycles. The van der Waals surface area contributed by atoms with E-state index in [4.69, 9.17) is 20.1 Å². The first-order valence-corrected chi connectivity index (χ1v) is 17.6. The van der Waals surface area contributed by atoms with Crippen molar-refractivity contribution in [2.45, 2.75) is 48.5 Å². The Morgan fingerprint density at radius 1 is 0.709 bits per heavy atom. The molecule has 0 aliphatic carbocycles. The average molecular weight is 755 g/mol. The van der Waals surface area contributed by atoms with Crippen molar-refractivity contribution in [3.63, 3.8) is 0 Å². The number of aromatic nitrogens is 4. The van der Waals surface area contributed by atoms with Crippen LogP contribution in [0.1, 0.15) is 66.7 Å². The van der Waals surface area contributed by atoms with Gasteiger partial charge in [0.1, 0.15) is 23.0 Å². The average Bonchev–Trinajstić information content (AvgIpc) is 3.79. The molecule has 0 bridgehead atoms. The Kier molecular flexibility index (Phi) is 20.0. The summed E-state index contributed by atoms with van der Waals surface area (Å²) in [5.74, 6) is 3.46. The summed E-state index contributed by atoms with van der Waals surface area (Å²) in [5, 5.41) is 8.51. The molecule has 0 aliphatic heterocycles. The van der Waals surface area contributed by atoms with Gasteiger partial charge < -0.3 is 24.4 Å². The number of rotatable bonds is 12. The summed E-state index contributed by atoms with van der Waals surface area (Å²) in [6, 6.07) is 28.9. The van der Waals surface area contributed by atoms with Gasteiger partial charge in [-0.25, -0.2) is 23.7 Å². The molecule has 14 heteroatoms. The van der Waals surface area contributed by atoms with Crippen LogP contribution in [0, 0.1) is 13.8 Å². The minimum atomic E-state index is -0.636. The van der Waals surface area contributed by atoms with E-state index in [1.807, 2.05) is 97.9 Å². The number of carbonyl (C=O) groups is 4. The molecule has 0 radical (unpaired) electrons. The number of para-hydroxylation sites is 3. The van der Waals surface area contributed by atoms with Crippen molar-refractivity contribution in [1.29, 1.82) is 0 Å². The minimum absolute atomic E-state index is 0.0521. The number of esters is 3. The highest BCUT2D eigenvalue weighted by Gasteiger charge is 2.17. The first-order valence-electron chi connectivity index (χ1n) is 17.6. The summed E-state index contributed by atoms with van der Waals surface area (Å²) < 4.78 is 22.8. The molecule has 0 atom stereocenters. The second-order valence-corrected chi connectivity index (χ2v) is 11.0. The molecule has 0 aliphatic rings. The van der Waals surface area contributed by atoms with Gasteiger partial charge in [-0.1, -0.05) is 54.6 Å². The van der Waals surface area contributed by atoms with E-state index in [-0.39, 0.29) is 29.9 Å². The Balaban J connectivity index is 0.000000262. The molecule has 3 aromatic carbocycles. The van der Waals surface area contributed by atoms with E-state index in [1.54, 1.807) is 56.4 Å². The molecule has 0 amide bonds. The van der Waals surface area contributed by atoms with Crippen LogP contribution < -0.4 is 11.3 Å². The van der Waals surface area contributed by atoms with Crippen molar-refractivity contribution in [2.24, 2.45) is 5.84 Å². The van der Waals surface area contributed by atoms with Crippen LogP contribution in [0.15, 0.2) is 115 Å². The summed E-state index contributed by atoms with van der Waals surface area (Å²) in [5.41, 5.74) is 7.75. The number of ketones is 1. The molecule has 0 fully saturated rings. The number of hydrogen-bond acceptors (Lipinski definition) is 12. The van der Waals surface area contributed by atoms with Crippen molar-refractivity contribution in [1.82, 2.24) is 19.6 Å². The molecule has 3 N–H and O–H groups in total. The highest BCUT2D eigenvalue weighted by atomic mass is 16.5. The smallest absolute Gasteiger partial charge is 0.344 e. The maximum Gasteiger partial charge on any atom is 0.344 e. The lowest BCUT2D eigenvalue weighted by Gasteiger charge is -2.04. The second kappa shape index (κ2) is 24.7. The van der Waals surface area contributed by atoms with Gasteiger partial charge in [0.05, 0.1) is 55.4 Å². The van der Waals surface area contributed by atoms with Crippen LogP contribution in [0.2, 0.25) is 0 Å². The van der Waals surface area contributed by atoms with Crippen LogP contribution in [0.5, 0.6) is 0 Å². The first kappa shape index (κ1) is 44.6. The number of nitrogens with zero attached hydrogens (tertiary/aromatic N) is 4. The number of benzene rings is 3. The van der Waals surface area contributed by atoms with E-state index >= 15 is 0 Å². The normalized spacial score (nSPS) is 10.1. The molecule has 0 saturated carbocycles. The van der Waals surface area contributed by atoms with Gasteiger partial charge in [-0.05, 0) is 84.9 Å². The van der Waals surface area contributed by atoms with Crippen molar-refractivity contribution in [2.75, 3.05) is 31.9 Å². The Bertz CT molecular complexity index is 1930. The number of nitrogens with two attached hydrogens (primary N) is 1. The van der Waals surface area contributed by atoms with Gasteiger partial charge in [0, 0.05) is 11.9 Å². The predicted octanol–water partition coefficient (Wildman–Crippen LogP) is 6.75. The second-order valence-electron chi connectivity index (χ2n) is 11.0. The zero-order valence-electron chi connectivity index (χ0n) is 32.4. The summed E-state index contributed by atoms with van der Waals surface area (Å²) in [6.45, 7) is 13.4. The Morgan fingerprint density at radius 2 is 1.22 bits per heavy atom. The van der Waals surface area contributed by atoms with E-state index in [0.29, 0.717) is 36.6 Å². The first-order chi connectivity index (χ1) is 26.5. The van der Waals surface area contributed by atoms with Gasteiger partial charge in [0.25, 0.3) is 0 Å². The van der Waals surface area contributed by atoms with Gasteiger partial charge in [0.2, 0.25) is 0 Å². The molecule has 14 nitrogen and oxygen atoms in total. The van der Waals surface area contributed by atoms with Crippen LogP contribution in [-0.2, 0) is 28.5 Å². The lowest BCUT2D eigenvalue weighted by Crippen LogP contribution is -2.14. The predicted molar refractivity (Wildman–Crippen MR) is 210 cm³/mol. The van der Waals surface area contributed by atoms with E-state index < -0.39 is 5.97 Å². The molecule has 2 heterocycles. The van der Waals surface area contributed by atoms with Crippen molar-refractivity contribution < 1.29 is 38.1 Å². The fourth-order valence-corrected chi connectivity index (χ4v) is 4.42. The topological polar surface area (TPSA) is 179 Å². The summed E-state index contributed by atoms with van der Waals surface area (Å²) in [4.78, 5) is 45.3. The monoisotopic (exact) mass is 754 g/mol. The van der Waals surface area contributed by atoms with Gasteiger partial charge in [-0.2, -0.15) is 10.2 Å². The maximum absolute atomic E-state index is 11.6. The number of hydrazine groups is 1. The minimum Gasteiger partial charge on any atom is -0.500 e. The van der Waals surface area contributed by atoms with Crippen molar-refractivity contribution >= 4 is 29.4 Å². The fourth-order valence-electron chi connectivity index (χ4n) is 4.42. The van der Waals surface area contributed by atoms with Gasteiger partial charge >= 0.3 is 17.9 Å². The van der Waals surface area contributed by atoms with Crippen molar-refractivity contribution in [3.8, 4) is 11.4 Å². The van der Waals surface area contributed by atoms with Crippen molar-refractivity contribution in [3.05, 3.63) is 138 Å². The van der Waals surface area contributed by atoms with E-state index in [0.717, 1.165) is 29.0 Å². The zero-order chi connectivity index (χ0) is 40.6. The molecule has 0 spiro atoms. The van der Waals surface area contributed by atoms with Crippen LogP contribution >= 0.6 is 0 Å². The largest absolute Gasteiger partial charge is 0.500 e. The highest BCUT2D eigenvalue weighted by molar-refractivity contribution is 6.16. The van der Waals surface area contributed by atoms with Crippen LogP contribution in [-0.4, -0.2) is 69.7 Å². The van der Waals surface area contributed by atoms with E-state index in [9.17, 15) is 19.2 Å². The molecule has 5 rings (SSSR count).